The Balaban J connectivity index is 1.53. The van der Waals surface area contributed by atoms with Gasteiger partial charge in [-0.05, 0) is 38.4 Å². The molecule has 2 saturated heterocycles. The van der Waals surface area contributed by atoms with Gasteiger partial charge in [0.1, 0.15) is 11.3 Å². The van der Waals surface area contributed by atoms with Crippen LogP contribution < -0.4 is 10.6 Å². The largest absolute Gasteiger partial charge is 0.315 e. The molecule has 2 aromatic rings. The Morgan fingerprint density at radius 2 is 2.20 bits per heavy atom. The number of rotatable bonds is 3. The quantitative estimate of drug-likeness (QED) is 0.877. The van der Waals surface area contributed by atoms with Gasteiger partial charge in [-0.3, -0.25) is 9.69 Å². The number of fused-ring (bicyclic) bond motifs is 1. The van der Waals surface area contributed by atoms with Crippen LogP contribution in [0.25, 0.3) is 10.2 Å². The fourth-order valence-electron chi connectivity index (χ4n) is 3.79. The molecule has 0 aliphatic carbocycles. The van der Waals surface area contributed by atoms with E-state index in [0.29, 0.717) is 15.9 Å². The van der Waals surface area contributed by atoms with Crippen molar-refractivity contribution >= 4 is 32.6 Å². The number of thiazole rings is 1. The first-order chi connectivity index (χ1) is 12.1. The minimum absolute atomic E-state index is 0.0993. The van der Waals surface area contributed by atoms with Crippen molar-refractivity contribution in [2.24, 2.45) is 0 Å². The molecule has 2 N–H and O–H groups in total. The Morgan fingerprint density at radius 3 is 3.00 bits per heavy atom. The molecule has 3 heterocycles. The van der Waals surface area contributed by atoms with Crippen molar-refractivity contribution in [2.75, 3.05) is 25.0 Å². The summed E-state index contributed by atoms with van der Waals surface area (Å²) in [5.41, 5.74) is 0.0993. The third kappa shape index (κ3) is 3.38. The fraction of sp³-hybridized carbons (Fsp3) is 0.529. The van der Waals surface area contributed by atoms with Gasteiger partial charge in [-0.25, -0.2) is 13.8 Å². The summed E-state index contributed by atoms with van der Waals surface area (Å²) in [7, 11) is 0. The molecule has 0 bridgehead atoms. The van der Waals surface area contributed by atoms with Crippen molar-refractivity contribution < 1.29 is 13.6 Å². The number of amides is 1. The second-order valence-electron chi connectivity index (χ2n) is 6.64. The summed E-state index contributed by atoms with van der Waals surface area (Å²) < 4.78 is 27.5. The molecule has 0 radical (unpaired) electrons. The number of carbonyl (C=O) groups excluding carboxylic acids is 1. The Morgan fingerprint density at radius 1 is 1.32 bits per heavy atom. The Bertz CT molecular complexity index is 790. The molecule has 25 heavy (non-hydrogen) atoms. The third-order valence-electron chi connectivity index (χ3n) is 4.99. The number of carbonyl (C=O) groups is 1. The van der Waals surface area contributed by atoms with Crippen LogP contribution in [-0.2, 0) is 4.79 Å². The maximum absolute atomic E-state index is 13.8. The lowest BCUT2D eigenvalue weighted by atomic mass is 9.98. The smallest absolute Gasteiger partial charge is 0.243 e. The van der Waals surface area contributed by atoms with Crippen LogP contribution >= 0.6 is 11.3 Å². The molecule has 2 aliphatic heterocycles. The van der Waals surface area contributed by atoms with Gasteiger partial charge < -0.3 is 10.6 Å². The molecule has 2 atom stereocenters. The lowest BCUT2D eigenvalue weighted by Gasteiger charge is -2.38. The number of halogens is 2. The van der Waals surface area contributed by atoms with E-state index in [1.165, 1.54) is 6.07 Å². The first-order valence-electron chi connectivity index (χ1n) is 8.65. The highest BCUT2D eigenvalue weighted by Crippen LogP contribution is 2.30. The van der Waals surface area contributed by atoms with Crippen LogP contribution in [0.15, 0.2) is 12.1 Å². The van der Waals surface area contributed by atoms with E-state index < -0.39 is 11.6 Å². The minimum Gasteiger partial charge on any atom is -0.315 e. The zero-order valence-corrected chi connectivity index (χ0v) is 14.5. The summed E-state index contributed by atoms with van der Waals surface area (Å²) in [6.45, 7) is 2.82. The van der Waals surface area contributed by atoms with E-state index in [0.717, 1.165) is 62.7 Å². The second-order valence-corrected chi connectivity index (χ2v) is 7.67. The van der Waals surface area contributed by atoms with Crippen LogP contribution in [-0.4, -0.2) is 47.5 Å². The van der Waals surface area contributed by atoms with Crippen molar-refractivity contribution in [3.05, 3.63) is 23.8 Å². The van der Waals surface area contributed by atoms with E-state index in [1.54, 1.807) is 0 Å². The van der Waals surface area contributed by atoms with E-state index in [9.17, 15) is 13.6 Å². The van der Waals surface area contributed by atoms with Crippen LogP contribution in [0, 0.1) is 11.6 Å². The summed E-state index contributed by atoms with van der Waals surface area (Å²) in [6.07, 6.45) is 3.99. The SMILES string of the molecule is O=C(Nc1nc2c(F)cc(F)cc2s1)C1CCCCN1C1CCNC1. The Hall–Kier alpha value is -1.64. The molecule has 1 aromatic carbocycles. The van der Waals surface area contributed by atoms with Gasteiger partial charge in [-0.1, -0.05) is 17.8 Å². The van der Waals surface area contributed by atoms with Gasteiger partial charge in [0.15, 0.2) is 10.9 Å². The first kappa shape index (κ1) is 16.8. The molecular formula is C17H20F2N4OS. The molecule has 4 rings (SSSR count). The number of nitrogens with zero attached hydrogens (tertiary/aromatic N) is 2. The molecule has 134 valence electrons. The predicted molar refractivity (Wildman–Crippen MR) is 93.8 cm³/mol. The Labute approximate surface area is 148 Å². The van der Waals surface area contributed by atoms with Gasteiger partial charge >= 0.3 is 0 Å². The summed E-state index contributed by atoms with van der Waals surface area (Å²) >= 11 is 1.10. The fourth-order valence-corrected chi connectivity index (χ4v) is 4.70. The van der Waals surface area contributed by atoms with Crippen LogP contribution in [0.2, 0.25) is 0 Å². The predicted octanol–water partition coefficient (Wildman–Crippen LogP) is 2.73. The number of likely N-dealkylation sites (tertiary alicyclic amines) is 1. The van der Waals surface area contributed by atoms with E-state index >= 15 is 0 Å². The maximum Gasteiger partial charge on any atom is 0.243 e. The molecule has 0 saturated carbocycles. The average molecular weight is 366 g/mol. The number of nitrogens with one attached hydrogen (secondary N) is 2. The van der Waals surface area contributed by atoms with Gasteiger partial charge in [-0.15, -0.1) is 0 Å². The van der Waals surface area contributed by atoms with Crippen LogP contribution in [0.3, 0.4) is 0 Å². The number of anilines is 1. The van der Waals surface area contributed by atoms with Gasteiger partial charge in [0, 0.05) is 18.7 Å². The molecule has 5 nitrogen and oxygen atoms in total. The molecule has 2 unspecified atom stereocenters. The topological polar surface area (TPSA) is 57.3 Å². The normalized spacial score (nSPS) is 24.7. The summed E-state index contributed by atoms with van der Waals surface area (Å²) in [5, 5.41) is 6.48. The van der Waals surface area contributed by atoms with Crippen LogP contribution in [0.5, 0.6) is 0 Å². The molecule has 2 aliphatic rings. The van der Waals surface area contributed by atoms with E-state index in [4.69, 9.17) is 0 Å². The van der Waals surface area contributed by atoms with Crippen LogP contribution in [0.1, 0.15) is 25.7 Å². The summed E-state index contributed by atoms with van der Waals surface area (Å²) in [4.78, 5) is 19.2. The Kier molecular flexibility index (Phi) is 4.66. The molecular weight excluding hydrogens is 346 g/mol. The van der Waals surface area contributed by atoms with Gasteiger partial charge in [-0.2, -0.15) is 0 Å². The molecule has 8 heteroatoms. The molecule has 2 fully saturated rings. The summed E-state index contributed by atoms with van der Waals surface area (Å²) in [6, 6.07) is 2.25. The number of aromatic nitrogens is 1. The van der Waals surface area contributed by atoms with Crippen molar-refractivity contribution in [3.63, 3.8) is 0 Å². The zero-order valence-electron chi connectivity index (χ0n) is 13.7. The van der Waals surface area contributed by atoms with E-state index in [1.807, 2.05) is 0 Å². The molecule has 1 amide bonds. The zero-order chi connectivity index (χ0) is 17.4. The minimum atomic E-state index is -0.705. The lowest BCUT2D eigenvalue weighted by Crippen LogP contribution is -2.52. The maximum atomic E-state index is 13.8. The number of hydrogen-bond acceptors (Lipinski definition) is 5. The first-order valence-corrected chi connectivity index (χ1v) is 9.46. The van der Waals surface area contributed by atoms with Crippen molar-refractivity contribution in [3.8, 4) is 0 Å². The number of benzene rings is 1. The third-order valence-corrected chi connectivity index (χ3v) is 5.91. The monoisotopic (exact) mass is 366 g/mol. The van der Waals surface area contributed by atoms with Gasteiger partial charge in [0.05, 0.1) is 10.7 Å². The molecule has 1 aromatic heterocycles. The lowest BCUT2D eigenvalue weighted by molar-refractivity contribution is -0.123. The number of piperidine rings is 1. The van der Waals surface area contributed by atoms with Crippen molar-refractivity contribution in [2.45, 2.75) is 37.8 Å². The summed E-state index contributed by atoms with van der Waals surface area (Å²) in [5.74, 6) is -1.45. The standard InChI is InChI=1S/C17H20F2N4OS/c18-10-7-12(19)15-14(8-10)25-17(21-15)22-16(24)13-3-1-2-6-23(13)11-4-5-20-9-11/h7-8,11,13,20H,1-6,9H2,(H,21,22,24). The number of hydrogen-bond donors (Lipinski definition) is 2. The molecule has 0 spiro atoms. The van der Waals surface area contributed by atoms with E-state index in [-0.39, 0.29) is 17.5 Å². The second kappa shape index (κ2) is 6.93. The van der Waals surface area contributed by atoms with Gasteiger partial charge in [0.2, 0.25) is 5.91 Å². The highest BCUT2D eigenvalue weighted by molar-refractivity contribution is 7.22. The van der Waals surface area contributed by atoms with Crippen molar-refractivity contribution in [1.29, 1.82) is 0 Å². The average Bonchev–Trinajstić information content (AvgIpc) is 3.24. The highest BCUT2D eigenvalue weighted by Gasteiger charge is 2.35. The highest BCUT2D eigenvalue weighted by atomic mass is 32.1. The van der Waals surface area contributed by atoms with Gasteiger partial charge in [0.25, 0.3) is 0 Å². The van der Waals surface area contributed by atoms with Crippen molar-refractivity contribution in [1.82, 2.24) is 15.2 Å². The van der Waals surface area contributed by atoms with E-state index in [2.05, 4.69) is 20.5 Å². The van der Waals surface area contributed by atoms with Crippen LogP contribution in [0.4, 0.5) is 13.9 Å².